The Bertz CT molecular complexity index is 5790. The quantitative estimate of drug-likeness (QED) is 0.0811. The Hall–Kier alpha value is -13.2. The van der Waals surface area contributed by atoms with Crippen LogP contribution >= 0.6 is 0 Å². The lowest BCUT2D eigenvalue weighted by Crippen LogP contribution is -2.17. The summed E-state index contributed by atoms with van der Waals surface area (Å²) in [6, 6.07) is 5.85. The van der Waals surface area contributed by atoms with E-state index in [1.807, 2.05) is 85.5 Å². The average Bonchev–Trinajstić information content (AvgIpc) is 1.65. The Morgan fingerprint density at radius 3 is 1.11 bits per heavy atom. The van der Waals surface area contributed by atoms with E-state index in [0.717, 1.165) is 115 Å². The molecule has 1 aliphatic rings. The number of carbonyl (C=O) groups excluding carboxylic acids is 5. The van der Waals surface area contributed by atoms with Crippen molar-refractivity contribution in [1.29, 1.82) is 0 Å². The first-order valence-corrected chi connectivity index (χ1v) is 40.5. The van der Waals surface area contributed by atoms with Crippen molar-refractivity contribution in [2.45, 2.75) is 219 Å². The van der Waals surface area contributed by atoms with Gasteiger partial charge in [0.05, 0.1) is 58.5 Å². The number of Topliss-reactive ketones (excluding diaryl/α,β-unsaturated/α-hetero) is 5. The summed E-state index contributed by atoms with van der Waals surface area (Å²) in [4.78, 5) is 135. The summed E-state index contributed by atoms with van der Waals surface area (Å²) in [7, 11) is 0. The molecule has 0 aliphatic heterocycles. The second-order valence-electron chi connectivity index (χ2n) is 37.1. The summed E-state index contributed by atoms with van der Waals surface area (Å²) in [5.74, 6) is 4.06. The number of carbonyl (C=O) groups is 5. The van der Waals surface area contributed by atoms with Gasteiger partial charge in [-0.1, -0.05) is 111 Å². The molecule has 31 nitrogen and oxygen atoms in total. The summed E-state index contributed by atoms with van der Waals surface area (Å²) >= 11 is 0. The predicted molar refractivity (Wildman–Crippen MR) is 475 cm³/mol. The number of ketones is 5. The number of pyridine rings is 3. The standard InChI is InChI=1S/C20H23N5O.C19H22N4O.C18H21N5O.2C17H20N6O.CH4/c1-12-21-8-14(9-22-12)16-7-15-17(10-23-16)25(11-20(2,3)4)24-18(15)19(26)13-5-6-13;1-12(24)17-10-23(11-19(3,4)5)18-16(17)6-14(7-22-18)15-8-20-13(2)21-9-15;1-11(24)17-14-6-15(13-7-19-12(2)20-8-13)21-9-16(14)23(22-17)10-18(3,4)5;1-10(24)14-15-13(23(22-14)9-17(3,4)5)8-20-16(21-15)12-6-18-11(2)19-7-12;1-10(24)14-15-16(23(22-14)9-17(3,4)5)20-8-13(21-15)12-6-18-11(2)19-7-12;/h7-10,13H,5-6,11H2,1-4H3;6-10H,11H2,1-5H3;6-9H,10H2,1-5H3;2*6-8H,9H2,1-5H3;1H4. The summed E-state index contributed by atoms with van der Waals surface area (Å²) in [6.07, 6.45) is 30.0. The van der Waals surface area contributed by atoms with Gasteiger partial charge in [-0.15, -0.1) is 0 Å². The van der Waals surface area contributed by atoms with Crippen molar-refractivity contribution in [2.24, 2.45) is 33.0 Å². The van der Waals surface area contributed by atoms with Crippen molar-refractivity contribution < 1.29 is 24.0 Å². The maximum absolute atomic E-state index is 12.8. The van der Waals surface area contributed by atoms with Crippen molar-refractivity contribution in [2.75, 3.05) is 0 Å². The van der Waals surface area contributed by atoms with Gasteiger partial charge in [0.1, 0.15) is 62.7 Å². The highest BCUT2D eigenvalue weighted by Crippen LogP contribution is 2.37. The normalized spacial score (nSPS) is 12.4. The molecule has 0 saturated heterocycles. The summed E-state index contributed by atoms with van der Waals surface area (Å²) < 4.78 is 9.43. The average molecular weight is 1660 g/mol. The number of rotatable bonds is 16. The van der Waals surface area contributed by atoms with E-state index in [4.69, 9.17) is 0 Å². The Balaban J connectivity index is 0.000000150. The van der Waals surface area contributed by atoms with E-state index in [1.54, 1.807) is 92.2 Å². The lowest BCUT2D eigenvalue weighted by Gasteiger charge is -2.19. The monoisotopic (exact) mass is 1660 g/mol. The van der Waals surface area contributed by atoms with Crippen LogP contribution in [0.5, 0.6) is 0 Å². The minimum absolute atomic E-state index is 0. The van der Waals surface area contributed by atoms with E-state index < -0.39 is 0 Å². The number of hydrogen-bond donors (Lipinski definition) is 0. The Kier molecular flexibility index (Phi) is 26.7. The summed E-state index contributed by atoms with van der Waals surface area (Å²) in [5.41, 5.74) is 14.8. The lowest BCUT2D eigenvalue weighted by molar-refractivity contribution is 0.0959. The summed E-state index contributed by atoms with van der Waals surface area (Å²) in [6.45, 7) is 51.0. The van der Waals surface area contributed by atoms with E-state index in [1.165, 1.54) is 20.8 Å². The number of fused-ring (bicyclic) bond motifs is 5. The molecule has 0 amide bonds. The van der Waals surface area contributed by atoms with Crippen molar-refractivity contribution in [1.82, 2.24) is 128 Å². The summed E-state index contributed by atoms with van der Waals surface area (Å²) in [5, 5.41) is 20.7. The van der Waals surface area contributed by atoms with Crippen molar-refractivity contribution in [3.8, 4) is 56.3 Å². The van der Waals surface area contributed by atoms with E-state index in [-0.39, 0.29) is 69.3 Å². The molecule has 123 heavy (non-hydrogen) atoms. The molecule has 1 saturated carbocycles. The zero-order chi connectivity index (χ0) is 88.4. The minimum atomic E-state index is -0.126. The first kappa shape index (κ1) is 90.5. The largest absolute Gasteiger partial charge is 0.331 e. The maximum atomic E-state index is 12.8. The topological polar surface area (TPSA) is 381 Å². The Labute approximate surface area is 715 Å². The SMILES string of the molecule is C.CC(=O)c1cn(CC(C)(C)C)c2ncc(-c3cnc(C)nc3)cc12.CC(=O)c1nn(CC(C)(C)C)c2cnc(-c3cnc(C)nc3)cc12.CC(=O)c1nn(CC(C)(C)C)c2cnc(-c3cnc(C)nc3)nc12.CC(=O)c1nn(CC(C)(C)C)c2ncc(-c3cnc(C)nc3)nc12.Cc1ncc(-c2cc3c(C(=O)C4CC4)nn(CC(C)(C)C)c3cn2)cn1. The Morgan fingerprint density at radius 1 is 0.325 bits per heavy atom. The molecule has 0 N–H and O–H groups in total. The molecule has 638 valence electrons. The fourth-order valence-electron chi connectivity index (χ4n) is 13.2. The molecular formula is C92H110N26O5. The van der Waals surface area contributed by atoms with Crippen molar-refractivity contribution >= 4 is 84.0 Å². The molecule has 1 fully saturated rings. The third kappa shape index (κ3) is 22.7. The smallest absolute Gasteiger partial charge is 0.186 e. The van der Waals surface area contributed by atoms with Gasteiger partial charge in [-0.25, -0.2) is 79.4 Å². The highest BCUT2D eigenvalue weighted by atomic mass is 16.1. The molecule has 1 aliphatic carbocycles. The predicted octanol–water partition coefficient (Wildman–Crippen LogP) is 17.6. The molecule has 15 aromatic heterocycles. The van der Waals surface area contributed by atoms with Crippen LogP contribution in [0.25, 0.3) is 111 Å². The molecule has 15 heterocycles. The van der Waals surface area contributed by atoms with E-state index in [9.17, 15) is 24.0 Å². The molecule has 15 aromatic rings. The van der Waals surface area contributed by atoms with E-state index in [2.05, 4.69) is 214 Å². The van der Waals surface area contributed by atoms with Gasteiger partial charge >= 0.3 is 0 Å². The lowest BCUT2D eigenvalue weighted by atomic mass is 9.97. The van der Waals surface area contributed by atoms with Crippen molar-refractivity contribution in [3.63, 3.8) is 0 Å². The minimum Gasteiger partial charge on any atom is -0.331 e. The number of nitrogens with zero attached hydrogens (tertiary/aromatic N) is 26. The first-order valence-electron chi connectivity index (χ1n) is 40.5. The Morgan fingerprint density at radius 2 is 0.683 bits per heavy atom. The number of aryl methyl sites for hydroxylation is 5. The van der Waals surface area contributed by atoms with Crippen LogP contribution in [-0.2, 0) is 32.7 Å². The first-order chi connectivity index (χ1) is 57.3. The van der Waals surface area contributed by atoms with Gasteiger partial charge in [0.25, 0.3) is 0 Å². The molecule has 31 heteroatoms. The molecule has 16 rings (SSSR count). The molecule has 0 aromatic carbocycles. The van der Waals surface area contributed by atoms with Crippen LogP contribution in [-0.4, -0.2) is 157 Å². The van der Waals surface area contributed by atoms with Crippen LogP contribution in [0.3, 0.4) is 0 Å². The third-order valence-electron chi connectivity index (χ3n) is 19.0. The highest BCUT2D eigenvalue weighted by molar-refractivity contribution is 6.10. The zero-order valence-corrected chi connectivity index (χ0v) is 74.2. The fourth-order valence-corrected chi connectivity index (χ4v) is 13.2. The van der Waals surface area contributed by atoms with Gasteiger partial charge in [0.15, 0.2) is 51.8 Å². The van der Waals surface area contributed by atoms with Crippen molar-refractivity contribution in [3.05, 3.63) is 175 Å². The van der Waals surface area contributed by atoms with Crippen LogP contribution in [0.1, 0.15) is 233 Å². The molecular weight excluding hydrogens is 1550 g/mol. The molecule has 0 atom stereocenters. The van der Waals surface area contributed by atoms with Gasteiger partial charge in [-0.3, -0.25) is 48.0 Å². The second kappa shape index (κ2) is 36.2. The number of hydrogen-bond acceptors (Lipinski definition) is 26. The van der Waals surface area contributed by atoms with Gasteiger partial charge < -0.3 is 4.57 Å². The van der Waals surface area contributed by atoms with Gasteiger partial charge in [0.2, 0.25) is 0 Å². The fraction of sp³-hybridized carbons (Fsp3) is 0.413. The molecule has 0 unspecified atom stereocenters. The van der Waals surface area contributed by atoms with Crippen LogP contribution in [0.15, 0.2) is 117 Å². The molecule has 0 spiro atoms. The van der Waals surface area contributed by atoms with Gasteiger partial charge in [-0.2, -0.15) is 20.4 Å². The number of aromatic nitrogens is 26. The molecule has 0 bridgehead atoms. The third-order valence-corrected chi connectivity index (χ3v) is 19.0. The van der Waals surface area contributed by atoms with E-state index >= 15 is 0 Å². The zero-order valence-electron chi connectivity index (χ0n) is 74.2. The van der Waals surface area contributed by atoms with Gasteiger partial charge in [-0.05, 0) is 99.7 Å². The maximum Gasteiger partial charge on any atom is 0.186 e. The molecule has 0 radical (unpaired) electrons. The highest BCUT2D eigenvalue weighted by Gasteiger charge is 2.35. The van der Waals surface area contributed by atoms with Crippen LogP contribution < -0.4 is 0 Å². The van der Waals surface area contributed by atoms with Gasteiger partial charge in [0, 0.05) is 183 Å². The van der Waals surface area contributed by atoms with E-state index in [0.29, 0.717) is 99.2 Å². The van der Waals surface area contributed by atoms with Crippen LogP contribution in [0, 0.1) is 67.6 Å². The van der Waals surface area contributed by atoms with Crippen LogP contribution in [0.4, 0.5) is 0 Å². The van der Waals surface area contributed by atoms with Crippen LogP contribution in [0.2, 0.25) is 0 Å². The second-order valence-corrected chi connectivity index (χ2v) is 37.1.